The summed E-state index contributed by atoms with van der Waals surface area (Å²) in [7, 11) is 0. The van der Waals surface area contributed by atoms with Crippen molar-refractivity contribution < 1.29 is 9.18 Å². The van der Waals surface area contributed by atoms with Gasteiger partial charge in [-0.05, 0) is 12.1 Å². The molecule has 70 valence electrons. The van der Waals surface area contributed by atoms with Gasteiger partial charge in [-0.15, -0.1) is 0 Å². The van der Waals surface area contributed by atoms with Crippen molar-refractivity contribution in [3.63, 3.8) is 0 Å². The molecule has 1 heterocycles. The maximum absolute atomic E-state index is 12.5. The average molecular weight is 183 g/mol. The zero-order valence-corrected chi connectivity index (χ0v) is 6.96. The molecule has 1 amide bonds. The Bertz CT molecular complexity index is 303. The summed E-state index contributed by atoms with van der Waals surface area (Å²) in [6.07, 6.45) is 0.207. The molecule has 0 atom stereocenters. The van der Waals surface area contributed by atoms with Gasteiger partial charge in [0, 0.05) is 13.0 Å². The molecule has 0 spiro atoms. The first-order chi connectivity index (χ1) is 6.22. The van der Waals surface area contributed by atoms with Gasteiger partial charge in [-0.25, -0.2) is 4.98 Å². The first-order valence-corrected chi connectivity index (χ1v) is 3.85. The van der Waals surface area contributed by atoms with E-state index in [0.29, 0.717) is 0 Å². The fraction of sp³-hybridized carbons (Fsp3) is 0.250. The number of halogens is 1. The van der Waals surface area contributed by atoms with Crippen molar-refractivity contribution in [1.29, 1.82) is 0 Å². The van der Waals surface area contributed by atoms with Crippen molar-refractivity contribution in [2.75, 3.05) is 11.9 Å². The zero-order chi connectivity index (χ0) is 9.68. The molecule has 1 aromatic heterocycles. The topological polar surface area (TPSA) is 68.0 Å². The molecule has 1 aromatic rings. The summed E-state index contributed by atoms with van der Waals surface area (Å²) < 4.78 is 12.5. The van der Waals surface area contributed by atoms with Gasteiger partial charge in [0.25, 0.3) is 0 Å². The van der Waals surface area contributed by atoms with Gasteiger partial charge in [-0.1, -0.05) is 6.07 Å². The number of carbonyl (C=O) groups excluding carboxylic acids is 1. The Labute approximate surface area is 75.0 Å². The van der Waals surface area contributed by atoms with Crippen LogP contribution in [0.5, 0.6) is 0 Å². The third-order valence-electron chi connectivity index (χ3n) is 1.35. The Morgan fingerprint density at radius 3 is 3.00 bits per heavy atom. The number of nitrogens with zero attached hydrogens (tertiary/aromatic N) is 1. The number of hydrogen-bond acceptors (Lipinski definition) is 3. The standard InChI is InChI=1S/C8H10FN3O/c9-6-2-1-3-7(11-6)12-8(13)4-5-10/h1-3H,4-5,10H2,(H,11,12,13). The molecule has 0 bridgehead atoms. The highest BCUT2D eigenvalue weighted by molar-refractivity contribution is 5.89. The lowest BCUT2D eigenvalue weighted by molar-refractivity contribution is -0.116. The Morgan fingerprint density at radius 1 is 1.62 bits per heavy atom. The number of nitrogens with two attached hydrogens (primary N) is 1. The normalized spacial score (nSPS) is 9.69. The highest BCUT2D eigenvalue weighted by atomic mass is 19.1. The summed E-state index contributed by atoms with van der Waals surface area (Å²) in [6.45, 7) is 0.265. The summed E-state index contributed by atoms with van der Waals surface area (Å²) in [6, 6.07) is 4.19. The molecule has 0 saturated heterocycles. The summed E-state index contributed by atoms with van der Waals surface area (Å²) in [5.41, 5.74) is 5.16. The summed E-state index contributed by atoms with van der Waals surface area (Å²) in [5, 5.41) is 2.41. The van der Waals surface area contributed by atoms with Crippen LogP contribution >= 0.6 is 0 Å². The van der Waals surface area contributed by atoms with Gasteiger partial charge in [0.05, 0.1) is 0 Å². The maximum Gasteiger partial charge on any atom is 0.226 e. The van der Waals surface area contributed by atoms with Crippen molar-refractivity contribution in [2.24, 2.45) is 5.73 Å². The number of pyridine rings is 1. The molecule has 4 nitrogen and oxygen atoms in total. The minimum absolute atomic E-state index is 0.207. The minimum Gasteiger partial charge on any atom is -0.330 e. The molecule has 3 N–H and O–H groups in total. The van der Waals surface area contributed by atoms with Crippen molar-refractivity contribution >= 4 is 11.7 Å². The smallest absolute Gasteiger partial charge is 0.226 e. The first-order valence-electron chi connectivity index (χ1n) is 3.85. The second-order valence-electron chi connectivity index (χ2n) is 2.43. The minimum atomic E-state index is -0.620. The van der Waals surface area contributed by atoms with E-state index < -0.39 is 5.95 Å². The molecular weight excluding hydrogens is 173 g/mol. The molecule has 1 rings (SSSR count). The van der Waals surface area contributed by atoms with Crippen LogP contribution in [0.2, 0.25) is 0 Å². The third-order valence-corrected chi connectivity index (χ3v) is 1.35. The van der Waals surface area contributed by atoms with Gasteiger partial charge in [-0.2, -0.15) is 4.39 Å². The van der Waals surface area contributed by atoms with Gasteiger partial charge < -0.3 is 11.1 Å². The Hall–Kier alpha value is -1.49. The number of aromatic nitrogens is 1. The molecule has 0 aliphatic rings. The lowest BCUT2D eigenvalue weighted by atomic mass is 10.4. The Morgan fingerprint density at radius 2 is 2.38 bits per heavy atom. The second kappa shape index (κ2) is 4.51. The quantitative estimate of drug-likeness (QED) is 0.671. The fourth-order valence-corrected chi connectivity index (χ4v) is 0.814. The Balaban J connectivity index is 2.58. The van der Waals surface area contributed by atoms with Crippen LogP contribution in [0.25, 0.3) is 0 Å². The van der Waals surface area contributed by atoms with Gasteiger partial charge in [0.1, 0.15) is 5.82 Å². The van der Waals surface area contributed by atoms with E-state index in [4.69, 9.17) is 5.73 Å². The van der Waals surface area contributed by atoms with E-state index in [1.807, 2.05) is 0 Å². The summed E-state index contributed by atoms with van der Waals surface area (Å²) >= 11 is 0. The molecule has 0 fully saturated rings. The van der Waals surface area contributed by atoms with E-state index in [1.165, 1.54) is 18.2 Å². The van der Waals surface area contributed by atoms with E-state index >= 15 is 0 Å². The highest BCUT2D eigenvalue weighted by Gasteiger charge is 2.01. The van der Waals surface area contributed by atoms with Gasteiger partial charge in [-0.3, -0.25) is 4.79 Å². The monoisotopic (exact) mass is 183 g/mol. The van der Waals surface area contributed by atoms with Gasteiger partial charge in [0.2, 0.25) is 11.9 Å². The molecule has 0 aliphatic heterocycles. The van der Waals surface area contributed by atoms with Crippen molar-refractivity contribution in [3.8, 4) is 0 Å². The van der Waals surface area contributed by atoms with E-state index in [0.717, 1.165) is 0 Å². The van der Waals surface area contributed by atoms with E-state index in [1.54, 1.807) is 0 Å². The molecule has 0 aromatic carbocycles. The molecule has 0 radical (unpaired) electrons. The van der Waals surface area contributed by atoms with Crippen LogP contribution in [0.1, 0.15) is 6.42 Å². The second-order valence-corrected chi connectivity index (χ2v) is 2.43. The number of amides is 1. The summed E-state index contributed by atoms with van der Waals surface area (Å²) in [4.78, 5) is 14.4. The van der Waals surface area contributed by atoms with Crippen LogP contribution in [0.15, 0.2) is 18.2 Å². The highest BCUT2D eigenvalue weighted by Crippen LogP contribution is 2.03. The van der Waals surface area contributed by atoms with Gasteiger partial charge >= 0.3 is 0 Å². The Kier molecular flexibility index (Phi) is 3.33. The maximum atomic E-state index is 12.5. The largest absolute Gasteiger partial charge is 0.330 e. The van der Waals surface area contributed by atoms with Gasteiger partial charge in [0.15, 0.2) is 0 Å². The van der Waals surface area contributed by atoms with E-state index in [-0.39, 0.29) is 24.7 Å². The van der Waals surface area contributed by atoms with Crippen LogP contribution in [-0.2, 0) is 4.79 Å². The van der Waals surface area contributed by atoms with Crippen LogP contribution in [-0.4, -0.2) is 17.4 Å². The lowest BCUT2D eigenvalue weighted by Crippen LogP contribution is -2.16. The summed E-state index contributed by atoms with van der Waals surface area (Å²) in [5.74, 6) is -0.676. The van der Waals surface area contributed by atoms with Crippen molar-refractivity contribution in [1.82, 2.24) is 4.98 Å². The SMILES string of the molecule is NCCC(=O)Nc1cccc(F)n1. The number of carbonyl (C=O) groups is 1. The first kappa shape index (κ1) is 9.60. The predicted octanol–water partition coefficient (Wildman–Crippen LogP) is 0.508. The van der Waals surface area contributed by atoms with Crippen LogP contribution < -0.4 is 11.1 Å². The zero-order valence-electron chi connectivity index (χ0n) is 6.96. The van der Waals surface area contributed by atoms with Crippen LogP contribution in [0, 0.1) is 5.95 Å². The molecule has 5 heteroatoms. The predicted molar refractivity (Wildman–Crippen MR) is 46.5 cm³/mol. The number of nitrogens with one attached hydrogen (secondary N) is 1. The molecule has 0 unspecified atom stereocenters. The lowest BCUT2D eigenvalue weighted by Gasteiger charge is -2.01. The number of hydrogen-bond donors (Lipinski definition) is 2. The fourth-order valence-electron chi connectivity index (χ4n) is 0.814. The number of rotatable bonds is 3. The van der Waals surface area contributed by atoms with E-state index in [9.17, 15) is 9.18 Å². The van der Waals surface area contributed by atoms with E-state index in [2.05, 4.69) is 10.3 Å². The van der Waals surface area contributed by atoms with Crippen LogP contribution in [0.3, 0.4) is 0 Å². The molecule has 13 heavy (non-hydrogen) atoms. The molecule has 0 saturated carbocycles. The molecule has 0 aliphatic carbocycles. The van der Waals surface area contributed by atoms with Crippen molar-refractivity contribution in [3.05, 3.63) is 24.1 Å². The number of anilines is 1. The van der Waals surface area contributed by atoms with Crippen LogP contribution in [0.4, 0.5) is 10.2 Å². The van der Waals surface area contributed by atoms with Crippen molar-refractivity contribution in [2.45, 2.75) is 6.42 Å². The average Bonchev–Trinajstić information content (AvgIpc) is 2.04. The molecular formula is C8H10FN3O. The third kappa shape index (κ3) is 3.16.